The molecule has 2 aromatic heterocycles. The molecular weight excluding hydrogens is 180 g/mol. The fourth-order valence-corrected chi connectivity index (χ4v) is 1.24. The lowest BCUT2D eigenvalue weighted by molar-refractivity contribution is 0.507. The average molecular weight is 192 g/mol. The highest BCUT2D eigenvalue weighted by atomic mass is 16.4. The summed E-state index contributed by atoms with van der Waals surface area (Å²) < 4.78 is 10.3. The molecule has 2 aromatic rings. The van der Waals surface area contributed by atoms with Gasteiger partial charge in [0.15, 0.2) is 0 Å². The lowest BCUT2D eigenvalue weighted by Gasteiger charge is -1.92. The topological polar surface area (TPSA) is 51.2 Å². The number of furan rings is 1. The number of hydrogen-bond donors (Lipinski definition) is 1. The third-order valence-corrected chi connectivity index (χ3v) is 1.97. The Bertz CT molecular complexity index is 378. The average Bonchev–Trinajstić information content (AvgIpc) is 2.86. The summed E-state index contributed by atoms with van der Waals surface area (Å²) in [6.45, 7) is 0. The number of aryl methyl sites for hydroxylation is 2. The van der Waals surface area contributed by atoms with Gasteiger partial charge in [0.1, 0.15) is 12.0 Å². The SMILES string of the molecule is CNc1nc(CCc2ccco2)co1. The van der Waals surface area contributed by atoms with Crippen molar-refractivity contribution in [1.29, 1.82) is 0 Å². The Hall–Kier alpha value is -1.71. The molecular formula is C10H12N2O2. The van der Waals surface area contributed by atoms with Crippen LogP contribution in [-0.2, 0) is 12.8 Å². The van der Waals surface area contributed by atoms with Gasteiger partial charge in [-0.05, 0) is 12.1 Å². The summed E-state index contributed by atoms with van der Waals surface area (Å²) in [6.07, 6.45) is 5.02. The molecule has 0 aliphatic heterocycles. The zero-order valence-corrected chi connectivity index (χ0v) is 7.99. The third-order valence-electron chi connectivity index (χ3n) is 1.97. The lowest BCUT2D eigenvalue weighted by Crippen LogP contribution is -1.91. The van der Waals surface area contributed by atoms with Gasteiger partial charge >= 0.3 is 0 Å². The van der Waals surface area contributed by atoms with Gasteiger partial charge in [-0.2, -0.15) is 4.98 Å². The van der Waals surface area contributed by atoms with Crippen molar-refractivity contribution in [2.45, 2.75) is 12.8 Å². The highest BCUT2D eigenvalue weighted by molar-refractivity contribution is 5.19. The van der Waals surface area contributed by atoms with E-state index in [4.69, 9.17) is 8.83 Å². The minimum absolute atomic E-state index is 0.555. The first kappa shape index (κ1) is 8.87. The zero-order valence-electron chi connectivity index (χ0n) is 7.99. The number of aromatic nitrogens is 1. The fraction of sp³-hybridized carbons (Fsp3) is 0.300. The molecule has 0 amide bonds. The summed E-state index contributed by atoms with van der Waals surface area (Å²) >= 11 is 0. The number of nitrogens with zero attached hydrogens (tertiary/aromatic N) is 1. The van der Waals surface area contributed by atoms with Crippen molar-refractivity contribution in [1.82, 2.24) is 4.98 Å². The van der Waals surface area contributed by atoms with Gasteiger partial charge in [-0.15, -0.1) is 0 Å². The van der Waals surface area contributed by atoms with Gasteiger partial charge < -0.3 is 14.2 Å². The van der Waals surface area contributed by atoms with Gasteiger partial charge in [0.05, 0.1) is 12.0 Å². The lowest BCUT2D eigenvalue weighted by atomic mass is 10.2. The monoisotopic (exact) mass is 192 g/mol. The maximum atomic E-state index is 5.21. The van der Waals surface area contributed by atoms with Crippen LogP contribution in [0.4, 0.5) is 6.01 Å². The number of anilines is 1. The van der Waals surface area contributed by atoms with Crippen LogP contribution in [0.5, 0.6) is 0 Å². The minimum atomic E-state index is 0.555. The molecule has 1 N–H and O–H groups in total. The van der Waals surface area contributed by atoms with E-state index in [9.17, 15) is 0 Å². The molecule has 0 aliphatic carbocycles. The van der Waals surface area contributed by atoms with Crippen LogP contribution in [0.15, 0.2) is 33.5 Å². The fourth-order valence-electron chi connectivity index (χ4n) is 1.24. The summed E-state index contributed by atoms with van der Waals surface area (Å²) in [6, 6.07) is 4.40. The molecule has 0 fully saturated rings. The van der Waals surface area contributed by atoms with E-state index in [1.165, 1.54) is 0 Å². The maximum Gasteiger partial charge on any atom is 0.294 e. The summed E-state index contributed by atoms with van der Waals surface area (Å²) in [5.41, 5.74) is 0.936. The molecule has 0 saturated carbocycles. The van der Waals surface area contributed by atoms with E-state index in [2.05, 4.69) is 10.3 Å². The Morgan fingerprint density at radius 2 is 2.29 bits per heavy atom. The van der Waals surface area contributed by atoms with Gasteiger partial charge in [-0.25, -0.2) is 0 Å². The van der Waals surface area contributed by atoms with Crippen molar-refractivity contribution in [2.24, 2.45) is 0 Å². The van der Waals surface area contributed by atoms with Crippen molar-refractivity contribution in [3.63, 3.8) is 0 Å². The van der Waals surface area contributed by atoms with Crippen LogP contribution in [0.3, 0.4) is 0 Å². The van der Waals surface area contributed by atoms with Crippen LogP contribution in [-0.4, -0.2) is 12.0 Å². The second-order valence-electron chi connectivity index (χ2n) is 2.97. The zero-order chi connectivity index (χ0) is 9.80. The van der Waals surface area contributed by atoms with Crippen LogP contribution < -0.4 is 5.32 Å². The molecule has 2 heterocycles. The Labute approximate surface area is 81.9 Å². The first-order chi connectivity index (χ1) is 6.88. The Morgan fingerprint density at radius 3 is 2.93 bits per heavy atom. The second kappa shape index (κ2) is 4.00. The molecule has 4 nitrogen and oxygen atoms in total. The summed E-state index contributed by atoms with van der Waals surface area (Å²) in [5, 5.41) is 2.84. The van der Waals surface area contributed by atoms with Crippen LogP contribution in [0.25, 0.3) is 0 Å². The van der Waals surface area contributed by atoms with Gasteiger partial charge in [0, 0.05) is 19.9 Å². The predicted molar refractivity (Wildman–Crippen MR) is 52.2 cm³/mol. The van der Waals surface area contributed by atoms with E-state index in [0.29, 0.717) is 6.01 Å². The van der Waals surface area contributed by atoms with E-state index in [1.807, 2.05) is 12.1 Å². The Morgan fingerprint density at radius 1 is 1.36 bits per heavy atom. The van der Waals surface area contributed by atoms with E-state index in [1.54, 1.807) is 19.6 Å². The number of rotatable bonds is 4. The van der Waals surface area contributed by atoms with Crippen LogP contribution >= 0.6 is 0 Å². The summed E-state index contributed by atoms with van der Waals surface area (Å²) in [5.74, 6) is 0.971. The van der Waals surface area contributed by atoms with Crippen molar-refractivity contribution in [3.8, 4) is 0 Å². The summed E-state index contributed by atoms with van der Waals surface area (Å²) in [7, 11) is 1.78. The van der Waals surface area contributed by atoms with Crippen molar-refractivity contribution >= 4 is 6.01 Å². The summed E-state index contributed by atoms with van der Waals surface area (Å²) in [4.78, 5) is 4.21. The van der Waals surface area contributed by atoms with Crippen molar-refractivity contribution in [3.05, 3.63) is 36.1 Å². The van der Waals surface area contributed by atoms with E-state index in [-0.39, 0.29) is 0 Å². The molecule has 0 unspecified atom stereocenters. The molecule has 4 heteroatoms. The van der Waals surface area contributed by atoms with Gasteiger partial charge in [-0.3, -0.25) is 0 Å². The first-order valence-corrected chi connectivity index (χ1v) is 4.53. The van der Waals surface area contributed by atoms with E-state index in [0.717, 1.165) is 24.3 Å². The van der Waals surface area contributed by atoms with Gasteiger partial charge in [0.25, 0.3) is 6.01 Å². The van der Waals surface area contributed by atoms with E-state index < -0.39 is 0 Å². The Balaban J connectivity index is 1.92. The molecule has 0 aliphatic rings. The highest BCUT2D eigenvalue weighted by Gasteiger charge is 2.03. The third kappa shape index (κ3) is 1.96. The second-order valence-corrected chi connectivity index (χ2v) is 2.97. The van der Waals surface area contributed by atoms with Crippen LogP contribution in [0, 0.1) is 0 Å². The van der Waals surface area contributed by atoms with Crippen LogP contribution in [0.2, 0.25) is 0 Å². The van der Waals surface area contributed by atoms with Crippen LogP contribution in [0.1, 0.15) is 11.5 Å². The molecule has 0 bridgehead atoms. The molecule has 0 radical (unpaired) electrons. The number of oxazole rings is 1. The van der Waals surface area contributed by atoms with Gasteiger partial charge in [0.2, 0.25) is 0 Å². The van der Waals surface area contributed by atoms with E-state index >= 15 is 0 Å². The number of nitrogens with one attached hydrogen (secondary N) is 1. The minimum Gasteiger partial charge on any atom is -0.469 e. The Kier molecular flexibility index (Phi) is 2.53. The smallest absolute Gasteiger partial charge is 0.294 e. The molecule has 0 spiro atoms. The number of hydrogen-bond acceptors (Lipinski definition) is 4. The highest BCUT2D eigenvalue weighted by Crippen LogP contribution is 2.10. The normalized spacial score (nSPS) is 10.4. The largest absolute Gasteiger partial charge is 0.469 e. The molecule has 74 valence electrons. The molecule has 2 rings (SSSR count). The molecule has 0 atom stereocenters. The molecule has 0 saturated heterocycles. The quantitative estimate of drug-likeness (QED) is 0.805. The van der Waals surface area contributed by atoms with Crippen molar-refractivity contribution < 1.29 is 8.83 Å². The first-order valence-electron chi connectivity index (χ1n) is 4.53. The van der Waals surface area contributed by atoms with Gasteiger partial charge in [-0.1, -0.05) is 0 Å². The predicted octanol–water partition coefficient (Wildman–Crippen LogP) is 2.09. The maximum absolute atomic E-state index is 5.21. The standard InChI is InChI=1S/C10H12N2O2/c1-11-10-12-8(7-14-10)4-5-9-3-2-6-13-9/h2-3,6-7H,4-5H2,1H3,(H,11,12). The molecule has 0 aromatic carbocycles. The molecule has 14 heavy (non-hydrogen) atoms. The van der Waals surface area contributed by atoms with Crippen molar-refractivity contribution in [2.75, 3.05) is 12.4 Å².